The highest BCUT2D eigenvalue weighted by Crippen LogP contribution is 2.28. The van der Waals surface area contributed by atoms with Gasteiger partial charge in [0.15, 0.2) is 0 Å². The Hall–Kier alpha value is -1.91. The van der Waals surface area contributed by atoms with Crippen LogP contribution in [0.5, 0.6) is 0 Å². The van der Waals surface area contributed by atoms with Crippen LogP contribution in [0.25, 0.3) is 0 Å². The molecule has 0 heterocycles. The van der Waals surface area contributed by atoms with Crippen LogP contribution < -0.4 is 9.62 Å². The highest BCUT2D eigenvalue weighted by atomic mass is 79.9. The molecule has 3 rings (SSSR count). The van der Waals surface area contributed by atoms with E-state index in [1.165, 1.54) is 11.3 Å². The van der Waals surface area contributed by atoms with Crippen LogP contribution in [0.3, 0.4) is 0 Å². The van der Waals surface area contributed by atoms with Crippen molar-refractivity contribution in [1.29, 1.82) is 0 Å². The third-order valence-electron chi connectivity index (χ3n) is 6.16. The first-order chi connectivity index (χ1) is 16.6. The summed E-state index contributed by atoms with van der Waals surface area (Å²) < 4.78 is 27.8. The van der Waals surface area contributed by atoms with Gasteiger partial charge in [0.1, 0.15) is 12.6 Å². The molecule has 1 saturated carbocycles. The third kappa shape index (κ3) is 7.79. The van der Waals surface area contributed by atoms with Gasteiger partial charge in [0, 0.05) is 21.5 Å². The Morgan fingerprint density at radius 1 is 1.06 bits per heavy atom. The number of hydrogen-bond acceptors (Lipinski definition) is 4. The number of rotatable bonds is 9. The highest BCUT2D eigenvalue weighted by Gasteiger charge is 2.31. The number of carbonyl (C=O) groups is 2. The van der Waals surface area contributed by atoms with E-state index >= 15 is 0 Å². The zero-order valence-electron chi connectivity index (χ0n) is 19.9. The molecule has 0 radical (unpaired) electrons. The minimum atomic E-state index is -3.77. The van der Waals surface area contributed by atoms with Gasteiger partial charge >= 0.3 is 0 Å². The first-order valence-corrected chi connectivity index (χ1v) is 15.1. The van der Waals surface area contributed by atoms with E-state index in [4.69, 9.17) is 0 Å². The topological polar surface area (TPSA) is 86.8 Å². The van der Waals surface area contributed by atoms with Crippen LogP contribution in [0.15, 0.2) is 57.5 Å². The van der Waals surface area contributed by atoms with Crippen molar-refractivity contribution in [3.8, 4) is 0 Å². The number of anilines is 1. The van der Waals surface area contributed by atoms with Crippen LogP contribution >= 0.6 is 31.9 Å². The molecule has 190 valence electrons. The average Bonchev–Trinajstić information content (AvgIpc) is 2.81. The largest absolute Gasteiger partial charge is 0.352 e. The Morgan fingerprint density at radius 2 is 1.74 bits per heavy atom. The van der Waals surface area contributed by atoms with Crippen LogP contribution in [-0.4, -0.2) is 50.0 Å². The van der Waals surface area contributed by atoms with Gasteiger partial charge in [0.2, 0.25) is 21.8 Å². The molecule has 7 nitrogen and oxygen atoms in total. The lowest BCUT2D eigenvalue weighted by atomic mass is 9.95. The number of nitrogens with one attached hydrogen (secondary N) is 1. The molecule has 0 saturated heterocycles. The molecular formula is C25H31Br2N3O4S. The van der Waals surface area contributed by atoms with E-state index in [1.807, 2.05) is 24.3 Å². The van der Waals surface area contributed by atoms with Crippen LogP contribution in [0, 0.1) is 0 Å². The lowest BCUT2D eigenvalue weighted by Crippen LogP contribution is -2.53. The van der Waals surface area contributed by atoms with Crippen LogP contribution in [0.4, 0.5) is 5.69 Å². The maximum Gasteiger partial charge on any atom is 0.244 e. The quantitative estimate of drug-likeness (QED) is 0.430. The van der Waals surface area contributed by atoms with Crippen molar-refractivity contribution in [1.82, 2.24) is 10.2 Å². The predicted molar refractivity (Wildman–Crippen MR) is 146 cm³/mol. The minimum absolute atomic E-state index is 0.106. The van der Waals surface area contributed by atoms with Crippen LogP contribution in [0.1, 0.15) is 44.6 Å². The SMILES string of the molecule is C[C@H](C(=O)NC1CCCCC1)N(Cc1cccc(Br)c1)C(=O)CN(c1ccccc1Br)S(C)(=O)=O. The molecule has 2 aromatic carbocycles. The van der Waals surface area contributed by atoms with Crippen molar-refractivity contribution in [2.75, 3.05) is 17.1 Å². The summed E-state index contributed by atoms with van der Waals surface area (Å²) in [4.78, 5) is 28.2. The normalized spacial score (nSPS) is 15.3. The minimum Gasteiger partial charge on any atom is -0.352 e. The molecule has 1 aliphatic carbocycles. The summed E-state index contributed by atoms with van der Waals surface area (Å²) in [6.07, 6.45) is 6.26. The van der Waals surface area contributed by atoms with E-state index in [0.717, 1.165) is 46.3 Å². The molecule has 0 aromatic heterocycles. The van der Waals surface area contributed by atoms with Crippen molar-refractivity contribution in [2.45, 2.75) is 57.7 Å². The van der Waals surface area contributed by atoms with E-state index in [1.54, 1.807) is 31.2 Å². The number of amides is 2. The molecular weight excluding hydrogens is 598 g/mol. The Balaban J connectivity index is 1.88. The van der Waals surface area contributed by atoms with Gasteiger partial charge < -0.3 is 10.2 Å². The fraction of sp³-hybridized carbons (Fsp3) is 0.440. The number of hydrogen-bond donors (Lipinski definition) is 1. The van der Waals surface area contributed by atoms with Gasteiger partial charge in [0.05, 0.1) is 11.9 Å². The molecule has 2 aromatic rings. The van der Waals surface area contributed by atoms with Crippen molar-refractivity contribution >= 4 is 59.4 Å². The molecule has 0 spiro atoms. The van der Waals surface area contributed by atoms with E-state index < -0.39 is 28.5 Å². The predicted octanol–water partition coefficient (Wildman–Crippen LogP) is 4.84. The number of nitrogens with zero attached hydrogens (tertiary/aromatic N) is 2. The van der Waals surface area contributed by atoms with Crippen LogP contribution in [0.2, 0.25) is 0 Å². The smallest absolute Gasteiger partial charge is 0.244 e. The van der Waals surface area contributed by atoms with Crippen molar-refractivity contribution in [3.63, 3.8) is 0 Å². The standard InChI is InChI=1S/C25H31Br2N3O4S/c1-18(25(32)28-21-11-4-3-5-12-21)29(16-19-9-8-10-20(26)15-19)24(31)17-30(35(2,33)34)23-14-7-6-13-22(23)27/h6-10,13-15,18,21H,3-5,11-12,16-17H2,1-2H3,(H,28,32)/t18-/m1/s1. The number of sulfonamides is 1. The second-order valence-electron chi connectivity index (χ2n) is 8.89. The van der Waals surface area contributed by atoms with Gasteiger partial charge in [-0.1, -0.05) is 59.5 Å². The summed E-state index contributed by atoms with van der Waals surface area (Å²) in [5.74, 6) is -0.690. The van der Waals surface area contributed by atoms with Gasteiger partial charge in [-0.05, 0) is 65.5 Å². The number of carbonyl (C=O) groups excluding carboxylic acids is 2. The number of para-hydroxylation sites is 1. The zero-order valence-corrected chi connectivity index (χ0v) is 23.9. The monoisotopic (exact) mass is 627 g/mol. The second kappa shape index (κ2) is 12.4. The summed E-state index contributed by atoms with van der Waals surface area (Å²) in [6, 6.07) is 13.7. The van der Waals surface area contributed by atoms with E-state index in [0.29, 0.717) is 10.2 Å². The van der Waals surface area contributed by atoms with Gasteiger partial charge in [0.25, 0.3) is 0 Å². The van der Waals surface area contributed by atoms with E-state index in [-0.39, 0.29) is 18.5 Å². The molecule has 2 amide bonds. The molecule has 35 heavy (non-hydrogen) atoms. The fourth-order valence-electron chi connectivity index (χ4n) is 4.23. The van der Waals surface area contributed by atoms with Crippen molar-refractivity contribution < 1.29 is 18.0 Å². The molecule has 1 fully saturated rings. The summed E-state index contributed by atoms with van der Waals surface area (Å²) in [6.45, 7) is 1.44. The summed E-state index contributed by atoms with van der Waals surface area (Å²) in [5.41, 5.74) is 1.20. The maximum absolute atomic E-state index is 13.6. The highest BCUT2D eigenvalue weighted by molar-refractivity contribution is 9.10. The van der Waals surface area contributed by atoms with E-state index in [2.05, 4.69) is 37.2 Å². The molecule has 1 atom stereocenters. The lowest BCUT2D eigenvalue weighted by molar-refractivity contribution is -0.139. The Bertz CT molecular complexity index is 1150. The Morgan fingerprint density at radius 3 is 2.37 bits per heavy atom. The first-order valence-electron chi connectivity index (χ1n) is 11.6. The molecule has 0 unspecified atom stereocenters. The molecule has 10 heteroatoms. The number of benzene rings is 2. The Kier molecular flexibility index (Phi) is 9.77. The van der Waals surface area contributed by atoms with Gasteiger partial charge in [-0.15, -0.1) is 0 Å². The van der Waals surface area contributed by atoms with Crippen LogP contribution in [-0.2, 0) is 26.2 Å². The maximum atomic E-state index is 13.6. The number of halogens is 2. The van der Waals surface area contributed by atoms with Gasteiger partial charge in [-0.3, -0.25) is 13.9 Å². The lowest BCUT2D eigenvalue weighted by Gasteiger charge is -2.33. The van der Waals surface area contributed by atoms with Crippen molar-refractivity contribution in [2.24, 2.45) is 0 Å². The molecule has 1 aliphatic rings. The van der Waals surface area contributed by atoms with E-state index in [9.17, 15) is 18.0 Å². The summed E-state index contributed by atoms with van der Waals surface area (Å²) in [5, 5.41) is 3.09. The molecule has 0 bridgehead atoms. The fourth-order valence-corrected chi connectivity index (χ4v) is 6.16. The Labute approximate surface area is 224 Å². The summed E-state index contributed by atoms with van der Waals surface area (Å²) in [7, 11) is -3.77. The summed E-state index contributed by atoms with van der Waals surface area (Å²) >= 11 is 6.84. The third-order valence-corrected chi connectivity index (χ3v) is 8.45. The first kappa shape index (κ1) is 27.7. The second-order valence-corrected chi connectivity index (χ2v) is 12.6. The molecule has 1 N–H and O–H groups in total. The zero-order chi connectivity index (χ0) is 25.6. The van der Waals surface area contributed by atoms with Gasteiger partial charge in [-0.2, -0.15) is 0 Å². The molecule has 0 aliphatic heterocycles. The average molecular weight is 629 g/mol. The van der Waals surface area contributed by atoms with Crippen molar-refractivity contribution in [3.05, 3.63) is 63.0 Å². The van der Waals surface area contributed by atoms with Gasteiger partial charge in [-0.25, -0.2) is 8.42 Å².